The molecule has 0 aromatic rings. The van der Waals surface area contributed by atoms with Gasteiger partial charge in [0.05, 0.1) is 6.26 Å². The van der Waals surface area contributed by atoms with E-state index in [1.807, 2.05) is 20.8 Å². The second-order valence-corrected chi connectivity index (χ2v) is 7.20. The average molecular weight is 335 g/mol. The Kier molecular flexibility index (Phi) is 10.9. The molecule has 0 fully saturated rings. The first-order chi connectivity index (χ1) is 10.5. The second kappa shape index (κ2) is 11.5. The third kappa shape index (κ3) is 7.26. The van der Waals surface area contributed by atoms with Gasteiger partial charge in [-0.05, 0) is 34.1 Å². The van der Waals surface area contributed by atoms with Gasteiger partial charge in [-0.1, -0.05) is 6.58 Å². The first-order valence-electron chi connectivity index (χ1n) is 7.64. The summed E-state index contributed by atoms with van der Waals surface area (Å²) in [6.07, 6.45) is 0.187. The summed E-state index contributed by atoms with van der Waals surface area (Å²) in [5.41, 5.74) is 0. The minimum atomic E-state index is -2.73. The number of ether oxygens (including phenoxy) is 1. The van der Waals surface area contributed by atoms with Gasteiger partial charge in [0, 0.05) is 32.4 Å². The van der Waals surface area contributed by atoms with E-state index in [4.69, 9.17) is 18.0 Å². The third-order valence-electron chi connectivity index (χ3n) is 2.95. The molecule has 0 rings (SSSR count). The van der Waals surface area contributed by atoms with Crippen LogP contribution in [-0.4, -0.2) is 57.5 Å². The molecule has 1 unspecified atom stereocenters. The van der Waals surface area contributed by atoms with E-state index in [1.54, 1.807) is 6.92 Å². The Hall–Kier alpha value is -1.09. The van der Waals surface area contributed by atoms with Gasteiger partial charge in [-0.2, -0.15) is 0 Å². The van der Waals surface area contributed by atoms with E-state index in [0.717, 1.165) is 0 Å². The van der Waals surface area contributed by atoms with E-state index in [9.17, 15) is 9.90 Å². The number of amides is 1. The molecule has 1 amide bonds. The van der Waals surface area contributed by atoms with Crippen LogP contribution >= 0.6 is 0 Å². The molecule has 0 bridgehead atoms. The lowest BCUT2D eigenvalue weighted by molar-refractivity contribution is 0.0120. The average Bonchev–Trinajstić information content (AvgIpc) is 2.44. The van der Waals surface area contributed by atoms with E-state index < -0.39 is 21.1 Å². The zero-order valence-corrected chi connectivity index (χ0v) is 15.0. The van der Waals surface area contributed by atoms with Crippen molar-refractivity contribution < 1.29 is 27.9 Å². The zero-order chi connectivity index (χ0) is 17.0. The lowest BCUT2D eigenvalue weighted by atomic mass is 10.4. The molecule has 0 spiro atoms. The summed E-state index contributed by atoms with van der Waals surface area (Å²) in [5, 5.41) is 9.24. The molecule has 0 aromatic carbocycles. The normalized spacial score (nSPS) is 12.7. The van der Waals surface area contributed by atoms with Crippen molar-refractivity contribution in [2.75, 3.05) is 26.4 Å². The highest BCUT2D eigenvalue weighted by Gasteiger charge is 2.40. The minimum absolute atomic E-state index is 0.312. The summed E-state index contributed by atoms with van der Waals surface area (Å²) in [6.45, 7) is 12.6. The highest BCUT2D eigenvalue weighted by molar-refractivity contribution is 6.60. The molecule has 0 aliphatic rings. The molecule has 0 heterocycles. The van der Waals surface area contributed by atoms with Crippen LogP contribution in [0.1, 0.15) is 34.1 Å². The second-order valence-electron chi connectivity index (χ2n) is 4.46. The van der Waals surface area contributed by atoms with Crippen LogP contribution in [0.25, 0.3) is 0 Å². The van der Waals surface area contributed by atoms with Crippen molar-refractivity contribution in [2.24, 2.45) is 0 Å². The van der Waals surface area contributed by atoms with Crippen LogP contribution in [0.5, 0.6) is 0 Å². The lowest BCUT2D eigenvalue weighted by Gasteiger charge is -2.30. The summed E-state index contributed by atoms with van der Waals surface area (Å²) >= 11 is 0. The largest absolute Gasteiger partial charge is 0.500 e. The summed E-state index contributed by atoms with van der Waals surface area (Å²) in [6, 6.07) is 0.563. The molecule has 0 radical (unpaired) electrons. The van der Waals surface area contributed by atoms with E-state index in [2.05, 4.69) is 6.58 Å². The molecular weight excluding hydrogens is 306 g/mol. The molecule has 130 valence electrons. The van der Waals surface area contributed by atoms with Crippen molar-refractivity contribution in [1.29, 1.82) is 0 Å². The van der Waals surface area contributed by atoms with Crippen LogP contribution < -0.4 is 0 Å². The molecular formula is C14H29NO6Si. The van der Waals surface area contributed by atoms with Gasteiger partial charge in [0.15, 0.2) is 6.23 Å². The minimum Gasteiger partial charge on any atom is -0.479 e. The standard InChI is InChI=1S/C14H29NO6Si/c1-6-18-13(5)15(14(16)17)11-10-12-22(19-7-2,20-8-3)21-9-4/h6,13H,1,7-12H2,2-5H3,(H,16,17). The van der Waals surface area contributed by atoms with Gasteiger partial charge in [0.1, 0.15) is 0 Å². The van der Waals surface area contributed by atoms with Crippen LogP contribution in [0.15, 0.2) is 12.8 Å². The van der Waals surface area contributed by atoms with Crippen molar-refractivity contribution in [3.8, 4) is 0 Å². The Bertz CT molecular complexity index is 311. The molecule has 0 aliphatic heterocycles. The Balaban J connectivity index is 4.67. The highest BCUT2D eigenvalue weighted by atomic mass is 28.4. The van der Waals surface area contributed by atoms with Crippen LogP contribution in [0, 0.1) is 0 Å². The van der Waals surface area contributed by atoms with Gasteiger partial charge in [-0.3, -0.25) is 4.90 Å². The Morgan fingerprint density at radius 2 is 1.73 bits per heavy atom. The summed E-state index contributed by atoms with van der Waals surface area (Å²) in [7, 11) is -2.73. The topological polar surface area (TPSA) is 77.5 Å². The van der Waals surface area contributed by atoms with Gasteiger partial charge in [0.2, 0.25) is 0 Å². The third-order valence-corrected chi connectivity index (χ3v) is 6.10. The molecule has 7 nitrogen and oxygen atoms in total. The number of carboxylic acid groups (broad SMARTS) is 1. The maximum atomic E-state index is 11.3. The molecule has 0 aliphatic carbocycles. The summed E-state index contributed by atoms with van der Waals surface area (Å²) in [5.74, 6) is 0. The van der Waals surface area contributed by atoms with Crippen molar-refractivity contribution >= 4 is 14.9 Å². The number of carbonyl (C=O) groups is 1. The monoisotopic (exact) mass is 335 g/mol. The maximum Gasteiger partial charge on any atom is 0.500 e. The van der Waals surface area contributed by atoms with Crippen LogP contribution in [0.4, 0.5) is 4.79 Å². The first kappa shape index (κ1) is 20.9. The Labute approximate surface area is 134 Å². The SMILES string of the molecule is C=COC(C)N(CCC[Si](OCC)(OCC)OCC)C(=O)O. The van der Waals surface area contributed by atoms with Gasteiger partial charge < -0.3 is 23.1 Å². The quantitative estimate of drug-likeness (QED) is 0.317. The smallest absolute Gasteiger partial charge is 0.479 e. The molecule has 0 saturated carbocycles. The Morgan fingerprint density at radius 1 is 1.23 bits per heavy atom. The fraction of sp³-hybridized carbons (Fsp3) is 0.786. The zero-order valence-electron chi connectivity index (χ0n) is 14.0. The van der Waals surface area contributed by atoms with Crippen molar-refractivity contribution in [2.45, 2.75) is 46.4 Å². The molecule has 1 N–H and O–H groups in total. The van der Waals surface area contributed by atoms with Gasteiger partial charge in [0.25, 0.3) is 0 Å². The van der Waals surface area contributed by atoms with E-state index in [1.165, 1.54) is 11.2 Å². The first-order valence-corrected chi connectivity index (χ1v) is 9.57. The molecule has 8 heteroatoms. The van der Waals surface area contributed by atoms with Gasteiger partial charge in [-0.15, -0.1) is 0 Å². The number of hydrogen-bond acceptors (Lipinski definition) is 5. The van der Waals surface area contributed by atoms with Crippen molar-refractivity contribution in [1.82, 2.24) is 4.90 Å². The summed E-state index contributed by atoms with van der Waals surface area (Å²) in [4.78, 5) is 12.5. The van der Waals surface area contributed by atoms with Crippen LogP contribution in [-0.2, 0) is 18.0 Å². The van der Waals surface area contributed by atoms with Crippen LogP contribution in [0.2, 0.25) is 6.04 Å². The Morgan fingerprint density at radius 3 is 2.09 bits per heavy atom. The molecule has 0 aromatic heterocycles. The molecule has 1 atom stereocenters. The van der Waals surface area contributed by atoms with E-state index >= 15 is 0 Å². The predicted molar refractivity (Wildman–Crippen MR) is 85.5 cm³/mol. The lowest BCUT2D eigenvalue weighted by Crippen LogP contribution is -2.47. The number of nitrogens with zero attached hydrogens (tertiary/aromatic N) is 1. The number of hydrogen-bond donors (Lipinski definition) is 1. The molecule has 22 heavy (non-hydrogen) atoms. The molecule has 0 saturated heterocycles. The van der Waals surface area contributed by atoms with Crippen molar-refractivity contribution in [3.63, 3.8) is 0 Å². The van der Waals surface area contributed by atoms with E-state index in [0.29, 0.717) is 38.8 Å². The fourth-order valence-electron chi connectivity index (χ4n) is 2.11. The maximum absolute atomic E-state index is 11.3. The predicted octanol–water partition coefficient (Wildman–Crippen LogP) is 2.91. The van der Waals surface area contributed by atoms with Crippen molar-refractivity contribution in [3.05, 3.63) is 12.8 Å². The van der Waals surface area contributed by atoms with Crippen LogP contribution in [0.3, 0.4) is 0 Å². The van der Waals surface area contributed by atoms with Gasteiger partial charge >= 0.3 is 14.9 Å². The number of rotatable bonds is 13. The van der Waals surface area contributed by atoms with Gasteiger partial charge in [-0.25, -0.2) is 4.79 Å². The van der Waals surface area contributed by atoms with E-state index in [-0.39, 0.29) is 0 Å². The highest BCUT2D eigenvalue weighted by Crippen LogP contribution is 2.19. The summed E-state index contributed by atoms with van der Waals surface area (Å²) < 4.78 is 22.3. The fourth-order valence-corrected chi connectivity index (χ4v) is 4.71.